The van der Waals surface area contributed by atoms with Gasteiger partial charge in [-0.15, -0.1) is 0 Å². The van der Waals surface area contributed by atoms with Gasteiger partial charge in [-0.2, -0.15) is 0 Å². The number of hydrogen-bond acceptors (Lipinski definition) is 5. The number of nitrogens with one attached hydrogen (secondary N) is 1. The number of rotatable bonds is 4. The lowest BCUT2D eigenvalue weighted by atomic mass is 9.63. The van der Waals surface area contributed by atoms with Crippen LogP contribution in [0.4, 0.5) is 17.1 Å². The van der Waals surface area contributed by atoms with Crippen LogP contribution in [0.2, 0.25) is 0 Å². The summed E-state index contributed by atoms with van der Waals surface area (Å²) in [6, 6.07) is 12.0. The molecule has 1 heterocycles. The minimum Gasteiger partial charge on any atom is -0.322 e. The molecule has 0 unspecified atom stereocenters. The number of carbonyl (C=O) groups excluding carboxylic acids is 3. The maximum absolute atomic E-state index is 13.2. The largest absolute Gasteiger partial charge is 0.322 e. The molecule has 3 amide bonds. The Kier molecular flexibility index (Phi) is 3.90. The Morgan fingerprint density at radius 1 is 0.969 bits per heavy atom. The number of amides is 3. The molecular formula is C24H19N3O5. The highest BCUT2D eigenvalue weighted by Crippen LogP contribution is 2.65. The molecule has 4 aliphatic carbocycles. The normalized spacial score (nSPS) is 31.3. The van der Waals surface area contributed by atoms with Crippen molar-refractivity contribution < 1.29 is 19.3 Å². The molecule has 7 rings (SSSR count). The lowest BCUT2D eigenvalue weighted by molar-refractivity contribution is -0.384. The van der Waals surface area contributed by atoms with E-state index in [1.54, 1.807) is 30.3 Å². The van der Waals surface area contributed by atoms with Crippen molar-refractivity contribution in [2.24, 2.45) is 35.5 Å². The summed E-state index contributed by atoms with van der Waals surface area (Å²) >= 11 is 0. The SMILES string of the molecule is O=C(Nc1cccc([N+](=O)[O-])c1)c1ccc(N2C(=O)[C@H]3[C@@H]4C=C[C@H]([C@H]5C[C@H]45)[C@@H]3C2=O)cc1. The van der Waals surface area contributed by atoms with E-state index in [0.717, 1.165) is 6.42 Å². The first-order valence-electron chi connectivity index (χ1n) is 10.7. The standard InChI is InChI=1S/C24H19N3O5/c28-22(25-13-2-1-3-15(10-13)27(31)32)12-4-6-14(7-5-12)26-23(29)20-16-8-9-17(19-11-18(16)19)21(20)24(26)30/h1-10,16-21H,11H2,(H,25,28)/t16-,17-,18-,19-,20+,21+/m1/s1. The molecule has 2 aromatic rings. The zero-order chi connectivity index (χ0) is 22.1. The fourth-order valence-electron chi connectivity index (χ4n) is 5.87. The molecule has 1 N–H and O–H groups in total. The molecule has 0 spiro atoms. The number of allylic oxidation sites excluding steroid dienone is 2. The topological polar surface area (TPSA) is 110 Å². The van der Waals surface area contributed by atoms with Crippen LogP contribution >= 0.6 is 0 Å². The number of carbonyl (C=O) groups is 3. The predicted molar refractivity (Wildman–Crippen MR) is 115 cm³/mol. The van der Waals surface area contributed by atoms with Gasteiger partial charge in [0.05, 0.1) is 22.4 Å². The highest BCUT2D eigenvalue weighted by molar-refractivity contribution is 6.22. The molecule has 8 nitrogen and oxygen atoms in total. The van der Waals surface area contributed by atoms with E-state index in [9.17, 15) is 24.5 Å². The zero-order valence-corrected chi connectivity index (χ0v) is 16.9. The first kappa shape index (κ1) is 18.9. The first-order chi connectivity index (χ1) is 15.4. The van der Waals surface area contributed by atoms with Crippen LogP contribution in [0, 0.1) is 45.6 Å². The molecule has 1 saturated heterocycles. The predicted octanol–water partition coefficient (Wildman–Crippen LogP) is 3.40. The molecule has 8 heteroatoms. The summed E-state index contributed by atoms with van der Waals surface area (Å²) in [5.74, 6) is 0.166. The molecular weight excluding hydrogens is 410 g/mol. The fraction of sp³-hybridized carbons (Fsp3) is 0.292. The first-order valence-corrected chi connectivity index (χ1v) is 10.7. The number of nitrogens with zero attached hydrogens (tertiary/aromatic N) is 2. The van der Waals surface area contributed by atoms with Crippen LogP contribution in [0.5, 0.6) is 0 Å². The monoisotopic (exact) mass is 429 g/mol. The summed E-state index contributed by atoms with van der Waals surface area (Å²) in [6.07, 6.45) is 5.39. The Bertz CT molecular complexity index is 1180. The van der Waals surface area contributed by atoms with Crippen LogP contribution < -0.4 is 10.2 Å². The molecule has 2 aromatic carbocycles. The van der Waals surface area contributed by atoms with Crippen molar-refractivity contribution in [1.82, 2.24) is 0 Å². The van der Waals surface area contributed by atoms with Crippen LogP contribution in [-0.4, -0.2) is 22.6 Å². The van der Waals surface area contributed by atoms with Gasteiger partial charge < -0.3 is 5.32 Å². The maximum Gasteiger partial charge on any atom is 0.271 e. The van der Waals surface area contributed by atoms with Crippen LogP contribution in [0.1, 0.15) is 16.8 Å². The third-order valence-electron chi connectivity index (χ3n) is 7.37. The quantitative estimate of drug-likeness (QED) is 0.347. The fourth-order valence-corrected chi connectivity index (χ4v) is 5.87. The minimum atomic E-state index is -0.530. The van der Waals surface area contributed by atoms with Crippen molar-refractivity contribution in [2.75, 3.05) is 10.2 Å². The average molecular weight is 429 g/mol. The third-order valence-corrected chi connectivity index (χ3v) is 7.37. The van der Waals surface area contributed by atoms with Gasteiger partial charge in [-0.3, -0.25) is 29.4 Å². The van der Waals surface area contributed by atoms with E-state index in [-0.39, 0.29) is 41.2 Å². The summed E-state index contributed by atoms with van der Waals surface area (Å²) in [7, 11) is 0. The molecule has 2 bridgehead atoms. The molecule has 2 saturated carbocycles. The molecule has 32 heavy (non-hydrogen) atoms. The van der Waals surface area contributed by atoms with E-state index in [1.807, 2.05) is 0 Å². The van der Waals surface area contributed by atoms with Gasteiger partial charge in [0.15, 0.2) is 0 Å². The molecule has 5 aliphatic rings. The highest BCUT2D eigenvalue weighted by atomic mass is 16.6. The molecule has 160 valence electrons. The van der Waals surface area contributed by atoms with Crippen molar-refractivity contribution in [1.29, 1.82) is 0 Å². The Balaban J connectivity index is 1.21. The Labute approximate surface area is 183 Å². The summed E-state index contributed by atoms with van der Waals surface area (Å²) in [6.45, 7) is 0. The Morgan fingerprint density at radius 3 is 2.19 bits per heavy atom. The van der Waals surface area contributed by atoms with Gasteiger partial charge in [-0.25, -0.2) is 0 Å². The van der Waals surface area contributed by atoms with Gasteiger partial charge in [0, 0.05) is 23.4 Å². The van der Waals surface area contributed by atoms with E-state index in [0.29, 0.717) is 28.8 Å². The second kappa shape index (κ2) is 6.59. The van der Waals surface area contributed by atoms with Crippen LogP contribution in [0.3, 0.4) is 0 Å². The molecule has 0 radical (unpaired) electrons. The van der Waals surface area contributed by atoms with Crippen molar-refractivity contribution in [2.45, 2.75) is 6.42 Å². The van der Waals surface area contributed by atoms with Crippen molar-refractivity contribution >= 4 is 34.8 Å². The summed E-state index contributed by atoms with van der Waals surface area (Å²) in [4.78, 5) is 50.6. The van der Waals surface area contributed by atoms with E-state index >= 15 is 0 Å². The second-order valence-electron chi connectivity index (χ2n) is 8.97. The van der Waals surface area contributed by atoms with E-state index in [1.165, 1.54) is 23.1 Å². The zero-order valence-electron chi connectivity index (χ0n) is 16.9. The summed E-state index contributed by atoms with van der Waals surface area (Å²) in [5, 5.41) is 13.5. The van der Waals surface area contributed by atoms with E-state index < -0.39 is 10.8 Å². The number of hydrogen-bond donors (Lipinski definition) is 1. The highest BCUT2D eigenvalue weighted by Gasteiger charge is 2.67. The Hall–Kier alpha value is -3.81. The number of anilines is 2. The number of benzene rings is 2. The lowest BCUT2D eigenvalue weighted by Crippen LogP contribution is -2.40. The van der Waals surface area contributed by atoms with Gasteiger partial charge in [0.25, 0.3) is 11.6 Å². The smallest absolute Gasteiger partial charge is 0.271 e. The number of non-ortho nitro benzene ring substituents is 1. The van der Waals surface area contributed by atoms with Gasteiger partial charge in [-0.05, 0) is 60.4 Å². The minimum absolute atomic E-state index is 0.119. The average Bonchev–Trinajstić information content (AvgIpc) is 3.57. The molecule has 6 atom stereocenters. The van der Waals surface area contributed by atoms with Gasteiger partial charge >= 0.3 is 0 Å². The molecule has 3 fully saturated rings. The number of nitro benzene ring substituents is 1. The number of imide groups is 1. The van der Waals surface area contributed by atoms with Gasteiger partial charge in [-0.1, -0.05) is 18.2 Å². The van der Waals surface area contributed by atoms with Crippen LogP contribution in [0.15, 0.2) is 60.7 Å². The van der Waals surface area contributed by atoms with Crippen molar-refractivity contribution in [3.05, 3.63) is 76.4 Å². The second-order valence-corrected chi connectivity index (χ2v) is 8.97. The maximum atomic E-state index is 13.2. The Morgan fingerprint density at radius 2 is 1.59 bits per heavy atom. The summed E-state index contributed by atoms with van der Waals surface area (Å²) in [5.41, 5.74) is 0.977. The van der Waals surface area contributed by atoms with Crippen molar-refractivity contribution in [3.63, 3.8) is 0 Å². The van der Waals surface area contributed by atoms with E-state index in [2.05, 4.69) is 17.5 Å². The molecule has 1 aliphatic heterocycles. The summed E-state index contributed by atoms with van der Waals surface area (Å²) < 4.78 is 0. The third kappa shape index (κ3) is 2.65. The van der Waals surface area contributed by atoms with Gasteiger partial charge in [0.2, 0.25) is 11.8 Å². The lowest BCUT2D eigenvalue weighted by Gasteiger charge is -2.37. The van der Waals surface area contributed by atoms with E-state index in [4.69, 9.17) is 0 Å². The molecule has 0 aromatic heterocycles. The van der Waals surface area contributed by atoms with Crippen molar-refractivity contribution in [3.8, 4) is 0 Å². The van der Waals surface area contributed by atoms with Gasteiger partial charge in [0.1, 0.15) is 0 Å². The van der Waals surface area contributed by atoms with Crippen LogP contribution in [0.25, 0.3) is 0 Å². The number of nitro groups is 1. The van der Waals surface area contributed by atoms with Crippen LogP contribution in [-0.2, 0) is 9.59 Å².